The lowest BCUT2D eigenvalue weighted by Crippen LogP contribution is -2.42. The Morgan fingerprint density at radius 1 is 1.07 bits per heavy atom. The van der Waals surface area contributed by atoms with Crippen LogP contribution in [0.15, 0.2) is 77.9 Å². The van der Waals surface area contributed by atoms with Crippen LogP contribution in [-0.2, 0) is 22.6 Å². The first-order chi connectivity index (χ1) is 19.3. The lowest BCUT2D eigenvalue weighted by atomic mass is 10.1. The van der Waals surface area contributed by atoms with Gasteiger partial charge in [-0.2, -0.15) is 13.8 Å². The van der Waals surface area contributed by atoms with Gasteiger partial charge in [0, 0.05) is 6.20 Å². The number of nitrogens with zero attached hydrogens (tertiary/aromatic N) is 5. The van der Waals surface area contributed by atoms with Crippen molar-refractivity contribution in [1.29, 1.82) is 0 Å². The fourth-order valence-electron chi connectivity index (χ4n) is 4.16. The molecule has 3 atom stereocenters. The molecule has 0 radical (unpaired) electrons. The summed E-state index contributed by atoms with van der Waals surface area (Å²) in [6, 6.07) is 18.2. The highest BCUT2D eigenvalue weighted by Gasteiger charge is 2.59. The highest BCUT2D eigenvalue weighted by atomic mass is 19.3. The molecule has 1 unspecified atom stereocenters. The van der Waals surface area contributed by atoms with E-state index in [-0.39, 0.29) is 23.7 Å². The molecule has 12 nitrogen and oxygen atoms in total. The summed E-state index contributed by atoms with van der Waals surface area (Å²) >= 11 is 0. The summed E-state index contributed by atoms with van der Waals surface area (Å²) in [5, 5.41) is 29.7. The van der Waals surface area contributed by atoms with Crippen LogP contribution < -0.4 is 11.0 Å². The molecule has 1 amide bonds. The second kappa shape index (κ2) is 11.3. The molecule has 0 spiro atoms. The van der Waals surface area contributed by atoms with E-state index in [0.717, 1.165) is 11.8 Å². The third-order valence-corrected chi connectivity index (χ3v) is 6.20. The van der Waals surface area contributed by atoms with E-state index in [0.29, 0.717) is 16.7 Å². The third kappa shape index (κ3) is 5.59. The predicted molar refractivity (Wildman–Crippen MR) is 135 cm³/mol. The molecule has 14 heteroatoms. The fourth-order valence-corrected chi connectivity index (χ4v) is 4.16. The fraction of sp³-hybridized carbons (Fsp3) is 0.269. The van der Waals surface area contributed by atoms with E-state index >= 15 is 0 Å². The second-order valence-electron chi connectivity index (χ2n) is 9.00. The number of carbonyl (C=O) groups is 1. The first-order valence-electron chi connectivity index (χ1n) is 12.1. The van der Waals surface area contributed by atoms with Gasteiger partial charge in [0.15, 0.2) is 11.9 Å². The smallest absolute Gasteiger partial charge is 0.413 e. The Kier molecular flexibility index (Phi) is 7.64. The maximum atomic E-state index is 14.9. The zero-order valence-corrected chi connectivity index (χ0v) is 20.8. The number of benzene rings is 2. The Balaban J connectivity index is 1.48. The summed E-state index contributed by atoms with van der Waals surface area (Å²) < 4.78 is 42.0. The first-order valence-corrected chi connectivity index (χ1v) is 12.1. The van der Waals surface area contributed by atoms with Gasteiger partial charge in [-0.3, -0.25) is 9.88 Å². The first kappa shape index (κ1) is 27.1. The van der Waals surface area contributed by atoms with Crippen LogP contribution in [0.1, 0.15) is 17.4 Å². The Morgan fingerprint density at radius 2 is 1.75 bits per heavy atom. The number of anilines is 1. The lowest BCUT2D eigenvalue weighted by molar-refractivity contribution is -0.140. The number of aliphatic hydroxyl groups excluding tert-OH is 2. The molecule has 40 heavy (non-hydrogen) atoms. The molecule has 0 saturated carbocycles. The van der Waals surface area contributed by atoms with Gasteiger partial charge in [0.2, 0.25) is 6.23 Å². The molecule has 0 bridgehead atoms. The van der Waals surface area contributed by atoms with Gasteiger partial charge in [-0.15, -0.1) is 5.10 Å². The van der Waals surface area contributed by atoms with E-state index in [1.54, 1.807) is 30.3 Å². The lowest BCUT2D eigenvalue weighted by Gasteiger charge is -2.22. The molecule has 2 aromatic heterocycles. The Labute approximate surface area is 225 Å². The molecule has 1 saturated heterocycles. The molecule has 5 rings (SSSR count). The van der Waals surface area contributed by atoms with E-state index in [2.05, 4.69) is 20.6 Å². The minimum absolute atomic E-state index is 0.0445. The summed E-state index contributed by atoms with van der Waals surface area (Å²) in [5.74, 6) is -4.25. The molecule has 3 heterocycles. The van der Waals surface area contributed by atoms with Crippen molar-refractivity contribution in [1.82, 2.24) is 24.5 Å². The van der Waals surface area contributed by atoms with Crippen molar-refractivity contribution in [3.8, 4) is 11.3 Å². The van der Waals surface area contributed by atoms with Crippen LogP contribution in [0.5, 0.6) is 0 Å². The Morgan fingerprint density at radius 3 is 2.40 bits per heavy atom. The number of carbonyl (C=O) groups excluding carboxylic acids is 1. The number of aliphatic hydroxyl groups is 2. The van der Waals surface area contributed by atoms with Gasteiger partial charge in [0.1, 0.15) is 18.4 Å². The number of hydrogen-bond donors (Lipinski definition) is 3. The van der Waals surface area contributed by atoms with E-state index in [1.165, 1.54) is 10.9 Å². The zero-order chi connectivity index (χ0) is 28.3. The minimum Gasteiger partial charge on any atom is -0.444 e. The van der Waals surface area contributed by atoms with E-state index in [1.807, 2.05) is 30.3 Å². The number of amides is 1. The Hall–Kier alpha value is -4.53. The number of nitrogens with one attached hydrogen (secondary N) is 1. The monoisotopic (exact) mass is 554 g/mol. The SMILES string of the molecule is O=C(Nc1nc(=O)n([C@@H]2O[C@H](CO)C(O)C2(F)F)cc1-c1cn(Cc2ccccc2)nn1)OCc1ccccc1. The predicted octanol–water partition coefficient (Wildman–Crippen LogP) is 2.18. The molecular formula is C26H24F2N6O6. The highest BCUT2D eigenvalue weighted by Crippen LogP contribution is 2.42. The average molecular weight is 555 g/mol. The van der Waals surface area contributed by atoms with Gasteiger partial charge in [0.05, 0.1) is 24.9 Å². The van der Waals surface area contributed by atoms with Crippen LogP contribution >= 0.6 is 0 Å². The second-order valence-corrected chi connectivity index (χ2v) is 9.00. The van der Waals surface area contributed by atoms with E-state index in [4.69, 9.17) is 9.47 Å². The number of aromatic nitrogens is 5. The molecular weight excluding hydrogens is 530 g/mol. The van der Waals surface area contributed by atoms with Crippen molar-refractivity contribution in [2.24, 2.45) is 0 Å². The third-order valence-electron chi connectivity index (χ3n) is 6.20. The van der Waals surface area contributed by atoms with Crippen molar-refractivity contribution < 1.29 is 33.3 Å². The summed E-state index contributed by atoms with van der Waals surface area (Å²) in [7, 11) is 0. The molecule has 4 aromatic rings. The van der Waals surface area contributed by atoms with Crippen LogP contribution in [0, 0.1) is 0 Å². The maximum Gasteiger partial charge on any atom is 0.413 e. The molecule has 1 aliphatic heterocycles. The van der Waals surface area contributed by atoms with Gasteiger partial charge in [-0.05, 0) is 11.1 Å². The van der Waals surface area contributed by atoms with Crippen molar-refractivity contribution >= 4 is 11.9 Å². The van der Waals surface area contributed by atoms with E-state index in [9.17, 15) is 28.6 Å². The topological polar surface area (TPSA) is 154 Å². The largest absolute Gasteiger partial charge is 0.444 e. The number of halogens is 2. The average Bonchev–Trinajstić information content (AvgIpc) is 3.50. The Bertz CT molecular complexity index is 1530. The molecule has 1 fully saturated rings. The molecule has 3 N–H and O–H groups in total. The van der Waals surface area contributed by atoms with Crippen molar-refractivity contribution in [3.63, 3.8) is 0 Å². The van der Waals surface area contributed by atoms with Gasteiger partial charge >= 0.3 is 17.7 Å². The van der Waals surface area contributed by atoms with Gasteiger partial charge < -0.3 is 19.7 Å². The van der Waals surface area contributed by atoms with Crippen LogP contribution in [0.4, 0.5) is 19.4 Å². The molecule has 0 aliphatic carbocycles. The van der Waals surface area contributed by atoms with Crippen molar-refractivity contribution in [2.75, 3.05) is 11.9 Å². The summed E-state index contributed by atoms with van der Waals surface area (Å²) in [6.07, 6.45) is -4.77. The van der Waals surface area contributed by atoms with E-state index < -0.39 is 42.7 Å². The summed E-state index contributed by atoms with van der Waals surface area (Å²) in [4.78, 5) is 29.2. The number of alkyl halides is 2. The maximum absolute atomic E-state index is 14.9. The highest BCUT2D eigenvalue weighted by molar-refractivity contribution is 5.88. The van der Waals surface area contributed by atoms with Crippen molar-refractivity contribution in [3.05, 3.63) is 94.7 Å². The normalized spacial score (nSPS) is 19.9. The summed E-state index contributed by atoms with van der Waals surface area (Å²) in [6.45, 7) is -0.644. The number of hydrogen-bond acceptors (Lipinski definition) is 9. The molecule has 1 aliphatic rings. The van der Waals surface area contributed by atoms with Gasteiger partial charge in [0.25, 0.3) is 0 Å². The van der Waals surface area contributed by atoms with Crippen LogP contribution in [0.25, 0.3) is 11.3 Å². The number of ether oxygens (including phenoxy) is 2. The number of rotatable bonds is 8. The minimum atomic E-state index is -3.94. The van der Waals surface area contributed by atoms with Gasteiger partial charge in [-0.25, -0.2) is 14.3 Å². The van der Waals surface area contributed by atoms with Crippen LogP contribution in [0.2, 0.25) is 0 Å². The molecule has 208 valence electrons. The molecule has 2 aromatic carbocycles. The zero-order valence-electron chi connectivity index (χ0n) is 20.8. The quantitative estimate of drug-likeness (QED) is 0.297. The van der Waals surface area contributed by atoms with Crippen LogP contribution in [0.3, 0.4) is 0 Å². The van der Waals surface area contributed by atoms with Gasteiger partial charge in [-0.1, -0.05) is 65.9 Å². The summed E-state index contributed by atoms with van der Waals surface area (Å²) in [5.41, 5.74) is 0.456. The van der Waals surface area contributed by atoms with Crippen molar-refractivity contribution in [2.45, 2.75) is 37.5 Å². The van der Waals surface area contributed by atoms with Crippen LogP contribution in [-0.4, -0.2) is 65.6 Å². The standard InChI is InChI=1S/C26H24F2N6O6/c27-26(28)21(36)20(14-35)40-23(26)34-12-18(19-13-33(32-31-19)11-16-7-3-1-4-8-16)22(29-24(34)37)30-25(38)39-15-17-9-5-2-6-10-17/h1-10,12-13,20-21,23,35-36H,11,14-15H2,(H,29,30,37,38)/t20-,21?,23-/m1/s1.